The average Bonchev–Trinajstić information content (AvgIpc) is 3.02. The van der Waals surface area contributed by atoms with Crippen molar-refractivity contribution in [2.75, 3.05) is 57.1 Å². The lowest BCUT2D eigenvalue weighted by atomic mass is 10.0. The minimum Gasteiger partial charge on any atom is -0.488 e. The number of nitrogens with one attached hydrogen (secondary N) is 1. The van der Waals surface area contributed by atoms with Gasteiger partial charge in [0.1, 0.15) is 12.0 Å². The number of aliphatic imine (C=N–C) groups is 1. The van der Waals surface area contributed by atoms with Crippen molar-refractivity contribution in [1.82, 2.24) is 9.80 Å². The number of carbonyl (C=O) groups excluding carboxylic acids is 2. The van der Waals surface area contributed by atoms with Crippen molar-refractivity contribution in [2.45, 2.75) is 25.8 Å². The Morgan fingerprint density at radius 3 is 2.64 bits per heavy atom. The molecule has 5 rings (SSSR count). The minimum atomic E-state index is -0.399. The SMILES string of the molecule is Nc1ccccc1NC(=O)c1ccc(CN(CCN2CCOCC2)C(=O)N=C2COC=C(CC3=CC=CCC3)O2)cc1. The molecule has 1 fully saturated rings. The van der Waals surface area contributed by atoms with E-state index >= 15 is 0 Å². The fourth-order valence-electron chi connectivity index (χ4n) is 4.86. The zero-order valence-corrected chi connectivity index (χ0v) is 23.7. The maximum Gasteiger partial charge on any atom is 0.347 e. The highest BCUT2D eigenvalue weighted by molar-refractivity contribution is 6.05. The van der Waals surface area contributed by atoms with Crippen LogP contribution in [-0.2, 0) is 20.8 Å². The number of urea groups is 1. The topological polar surface area (TPSA) is 119 Å². The van der Waals surface area contributed by atoms with E-state index in [4.69, 9.17) is 19.9 Å². The number of rotatable bonds is 9. The number of ether oxygens (including phenoxy) is 3. The van der Waals surface area contributed by atoms with Crippen LogP contribution >= 0.6 is 0 Å². The number of benzene rings is 2. The van der Waals surface area contributed by atoms with Crippen molar-refractivity contribution in [3.63, 3.8) is 0 Å². The van der Waals surface area contributed by atoms with Gasteiger partial charge in [-0.05, 0) is 42.7 Å². The number of amides is 3. The molecule has 0 aromatic heterocycles. The van der Waals surface area contributed by atoms with Gasteiger partial charge in [-0.15, -0.1) is 0 Å². The zero-order valence-electron chi connectivity index (χ0n) is 23.7. The van der Waals surface area contributed by atoms with Crippen molar-refractivity contribution in [3.8, 4) is 0 Å². The molecule has 3 N–H and O–H groups in total. The molecule has 220 valence electrons. The molecule has 1 saturated heterocycles. The van der Waals surface area contributed by atoms with E-state index in [1.807, 2.05) is 30.3 Å². The number of hydrogen-bond acceptors (Lipinski definition) is 7. The Labute approximate surface area is 246 Å². The van der Waals surface area contributed by atoms with E-state index in [0.717, 1.165) is 31.5 Å². The fraction of sp³-hybridized carbons (Fsp3) is 0.344. The van der Waals surface area contributed by atoms with Crippen molar-refractivity contribution >= 4 is 29.2 Å². The molecule has 1 aliphatic carbocycles. The number of nitrogen functional groups attached to an aromatic ring is 1. The second-order valence-corrected chi connectivity index (χ2v) is 10.4. The molecular formula is C32H37N5O5. The molecule has 2 aromatic carbocycles. The second kappa shape index (κ2) is 14.5. The molecular weight excluding hydrogens is 534 g/mol. The normalized spacial score (nSPS) is 18.0. The van der Waals surface area contributed by atoms with Gasteiger partial charge in [0.25, 0.3) is 5.91 Å². The van der Waals surface area contributed by atoms with Crippen LogP contribution in [0.15, 0.2) is 89.3 Å². The van der Waals surface area contributed by atoms with Gasteiger partial charge in [-0.2, -0.15) is 4.99 Å². The third kappa shape index (κ3) is 8.31. The summed E-state index contributed by atoms with van der Waals surface area (Å²) < 4.78 is 17.0. The lowest BCUT2D eigenvalue weighted by molar-refractivity contribution is 0.0348. The third-order valence-electron chi connectivity index (χ3n) is 7.25. The van der Waals surface area contributed by atoms with Crippen molar-refractivity contribution in [2.24, 2.45) is 4.99 Å². The summed E-state index contributed by atoms with van der Waals surface area (Å²) >= 11 is 0. The number of nitrogens with zero attached hydrogens (tertiary/aromatic N) is 3. The first-order chi connectivity index (χ1) is 20.5. The van der Waals surface area contributed by atoms with Crippen LogP contribution in [-0.4, -0.2) is 73.6 Å². The van der Waals surface area contributed by atoms with Crippen LogP contribution < -0.4 is 11.1 Å². The van der Waals surface area contributed by atoms with Gasteiger partial charge in [0.2, 0.25) is 5.90 Å². The molecule has 42 heavy (non-hydrogen) atoms. The number of hydrogen-bond donors (Lipinski definition) is 2. The van der Waals surface area contributed by atoms with Gasteiger partial charge in [-0.1, -0.05) is 48.1 Å². The maximum absolute atomic E-state index is 13.4. The van der Waals surface area contributed by atoms with E-state index in [9.17, 15) is 9.59 Å². The summed E-state index contributed by atoms with van der Waals surface area (Å²) in [6.45, 7) is 4.61. The van der Waals surface area contributed by atoms with E-state index in [2.05, 4.69) is 27.4 Å². The Morgan fingerprint density at radius 2 is 1.88 bits per heavy atom. The summed E-state index contributed by atoms with van der Waals surface area (Å²) in [5, 5.41) is 2.84. The van der Waals surface area contributed by atoms with Crippen LogP contribution in [0.3, 0.4) is 0 Å². The van der Waals surface area contributed by atoms with Gasteiger partial charge >= 0.3 is 6.03 Å². The highest BCUT2D eigenvalue weighted by atomic mass is 16.6. The van der Waals surface area contributed by atoms with Crippen LogP contribution in [0, 0.1) is 0 Å². The smallest absolute Gasteiger partial charge is 0.347 e. The van der Waals surface area contributed by atoms with Gasteiger partial charge < -0.3 is 30.2 Å². The molecule has 0 spiro atoms. The number of anilines is 2. The molecule has 0 saturated carbocycles. The Balaban J connectivity index is 1.24. The molecule has 0 radical (unpaired) electrons. The molecule has 2 aliphatic heterocycles. The van der Waals surface area contributed by atoms with Gasteiger partial charge in [-0.3, -0.25) is 9.69 Å². The van der Waals surface area contributed by atoms with Crippen LogP contribution in [0.25, 0.3) is 0 Å². The first-order valence-electron chi connectivity index (χ1n) is 14.3. The molecule has 2 aromatic rings. The highest BCUT2D eigenvalue weighted by Gasteiger charge is 2.21. The van der Waals surface area contributed by atoms with Crippen molar-refractivity contribution in [1.29, 1.82) is 0 Å². The largest absolute Gasteiger partial charge is 0.488 e. The van der Waals surface area contributed by atoms with Gasteiger partial charge in [0.15, 0.2) is 6.61 Å². The van der Waals surface area contributed by atoms with Crippen LogP contribution in [0.4, 0.5) is 16.2 Å². The predicted molar refractivity (Wildman–Crippen MR) is 162 cm³/mol. The van der Waals surface area contributed by atoms with Crippen molar-refractivity contribution in [3.05, 3.63) is 95.5 Å². The Bertz CT molecular complexity index is 1380. The second-order valence-electron chi connectivity index (χ2n) is 10.4. The first kappa shape index (κ1) is 29.1. The Hall–Kier alpha value is -4.41. The van der Waals surface area contributed by atoms with Crippen LogP contribution in [0.2, 0.25) is 0 Å². The lowest BCUT2D eigenvalue weighted by Gasteiger charge is -2.29. The van der Waals surface area contributed by atoms with Crippen molar-refractivity contribution < 1.29 is 23.8 Å². The number of allylic oxidation sites excluding steroid dienone is 4. The molecule has 0 bridgehead atoms. The quantitative estimate of drug-likeness (QED) is 0.418. The summed E-state index contributed by atoms with van der Waals surface area (Å²) in [7, 11) is 0. The number of carbonyl (C=O) groups is 2. The Kier molecular flexibility index (Phi) is 10.0. The lowest BCUT2D eigenvalue weighted by Crippen LogP contribution is -2.42. The standard InChI is InChI=1S/C32H37N5O5/c33-28-8-4-5-9-29(28)34-31(38)26-12-10-25(11-13-26)21-37(15-14-36-16-18-40-19-17-36)32(39)35-30-23-41-22-27(42-30)20-24-6-2-1-3-7-24/h1-2,4-6,8-13,22H,3,7,14-21,23,33H2,(H,34,38). The minimum absolute atomic E-state index is 0.0984. The molecule has 0 unspecified atom stereocenters. The molecule has 3 aliphatic rings. The van der Waals surface area contributed by atoms with Crippen LogP contribution in [0.1, 0.15) is 35.2 Å². The summed E-state index contributed by atoms with van der Waals surface area (Å²) in [5.74, 6) is 0.623. The van der Waals surface area contributed by atoms with Gasteiger partial charge in [-0.25, -0.2) is 4.79 Å². The Morgan fingerprint density at radius 1 is 1.07 bits per heavy atom. The molecule has 2 heterocycles. The van der Waals surface area contributed by atoms with E-state index in [1.54, 1.807) is 35.4 Å². The predicted octanol–water partition coefficient (Wildman–Crippen LogP) is 4.73. The zero-order chi connectivity index (χ0) is 29.1. The number of nitrogens with two attached hydrogens (primary N) is 1. The number of morpholine rings is 1. The fourth-order valence-corrected chi connectivity index (χ4v) is 4.86. The summed E-state index contributed by atoms with van der Waals surface area (Å²) in [4.78, 5) is 34.5. The summed E-state index contributed by atoms with van der Waals surface area (Å²) in [6.07, 6.45) is 10.5. The van der Waals surface area contributed by atoms with E-state index in [-0.39, 0.29) is 18.4 Å². The van der Waals surface area contributed by atoms with Crippen LogP contribution in [0.5, 0.6) is 0 Å². The molecule has 10 nitrogen and oxygen atoms in total. The number of para-hydroxylation sites is 2. The molecule has 3 amide bonds. The molecule has 10 heteroatoms. The monoisotopic (exact) mass is 571 g/mol. The average molecular weight is 572 g/mol. The maximum atomic E-state index is 13.4. The van der Waals surface area contributed by atoms with E-state index in [0.29, 0.717) is 62.0 Å². The molecule has 0 atom stereocenters. The van der Waals surface area contributed by atoms with E-state index in [1.165, 1.54) is 5.57 Å². The van der Waals surface area contributed by atoms with E-state index < -0.39 is 6.03 Å². The summed E-state index contributed by atoms with van der Waals surface area (Å²) in [6, 6.07) is 13.9. The highest BCUT2D eigenvalue weighted by Crippen LogP contribution is 2.23. The first-order valence-corrected chi connectivity index (χ1v) is 14.3. The van der Waals surface area contributed by atoms with Gasteiger partial charge in [0, 0.05) is 44.7 Å². The third-order valence-corrected chi connectivity index (χ3v) is 7.25. The summed E-state index contributed by atoms with van der Waals surface area (Å²) in [5.41, 5.74) is 9.62. The van der Waals surface area contributed by atoms with Gasteiger partial charge in [0.05, 0.1) is 24.6 Å².